The number of nitrogens with one attached hydrogen (secondary N) is 1. The van der Waals surface area contributed by atoms with Crippen LogP contribution in [0.1, 0.15) is 25.0 Å². The first kappa shape index (κ1) is 19.7. The third kappa shape index (κ3) is 6.01. The van der Waals surface area contributed by atoms with Gasteiger partial charge in [0.05, 0.1) is 0 Å². The topological polar surface area (TPSA) is 44.8 Å². The largest absolute Gasteiger partial charge is 0.484 e. The summed E-state index contributed by atoms with van der Waals surface area (Å²) in [5, 5.41) is 3.05. The third-order valence-electron chi connectivity index (χ3n) is 5.13. The van der Waals surface area contributed by atoms with Crippen molar-refractivity contribution >= 4 is 5.91 Å². The Morgan fingerprint density at radius 3 is 2.44 bits per heavy atom. The number of carbonyl (C=O) groups is 1. The predicted octanol–water partition coefficient (Wildman–Crippen LogP) is 2.07. The molecule has 0 spiro atoms. The van der Waals surface area contributed by atoms with Gasteiger partial charge in [0.2, 0.25) is 0 Å². The number of nitrogens with zero attached hydrogens (tertiary/aromatic N) is 2. The Bertz CT molecular complexity index is 566. The number of aryl methyl sites for hydroxylation is 2. The zero-order chi connectivity index (χ0) is 18.4. The summed E-state index contributed by atoms with van der Waals surface area (Å²) in [6, 6.07) is 6.28. The van der Waals surface area contributed by atoms with Gasteiger partial charge in [-0.1, -0.05) is 19.9 Å². The van der Waals surface area contributed by atoms with Crippen LogP contribution in [0.3, 0.4) is 0 Å². The van der Waals surface area contributed by atoms with Crippen molar-refractivity contribution in [2.24, 2.45) is 5.92 Å². The zero-order valence-corrected chi connectivity index (χ0v) is 16.3. The van der Waals surface area contributed by atoms with Crippen LogP contribution in [-0.4, -0.2) is 68.1 Å². The summed E-state index contributed by atoms with van der Waals surface area (Å²) in [5.41, 5.74) is 2.40. The zero-order valence-electron chi connectivity index (χ0n) is 16.3. The van der Waals surface area contributed by atoms with Crippen molar-refractivity contribution in [3.8, 4) is 5.75 Å². The normalized spacial score (nSPS) is 17.5. The third-order valence-corrected chi connectivity index (χ3v) is 5.13. The Morgan fingerprint density at radius 1 is 1.16 bits per heavy atom. The number of benzene rings is 1. The lowest BCUT2D eigenvalue weighted by atomic mass is 10.0. The van der Waals surface area contributed by atoms with Crippen LogP contribution in [0.25, 0.3) is 0 Å². The van der Waals surface area contributed by atoms with E-state index in [-0.39, 0.29) is 12.5 Å². The number of rotatable bonds is 7. The SMILES string of the molecule is Cc1ccc(OCC(=O)NCC(C(C)C)N2CCN(C)CC2)cc1C. The van der Waals surface area contributed by atoms with Crippen molar-refractivity contribution in [3.63, 3.8) is 0 Å². The summed E-state index contributed by atoms with van der Waals surface area (Å²) in [4.78, 5) is 17.0. The van der Waals surface area contributed by atoms with E-state index >= 15 is 0 Å². The summed E-state index contributed by atoms with van der Waals surface area (Å²) < 4.78 is 5.62. The molecule has 2 rings (SSSR count). The molecule has 1 aliphatic heterocycles. The Labute approximate surface area is 152 Å². The van der Waals surface area contributed by atoms with Gasteiger partial charge < -0.3 is 15.0 Å². The van der Waals surface area contributed by atoms with E-state index in [0.717, 1.165) is 31.9 Å². The van der Waals surface area contributed by atoms with Crippen molar-refractivity contribution in [2.45, 2.75) is 33.7 Å². The second-order valence-electron chi connectivity index (χ2n) is 7.49. The van der Waals surface area contributed by atoms with Crippen molar-refractivity contribution in [2.75, 3.05) is 46.4 Å². The molecule has 25 heavy (non-hydrogen) atoms. The molecule has 5 nitrogen and oxygen atoms in total. The highest BCUT2D eigenvalue weighted by Gasteiger charge is 2.25. The van der Waals surface area contributed by atoms with Gasteiger partial charge in [-0.25, -0.2) is 0 Å². The van der Waals surface area contributed by atoms with Crippen molar-refractivity contribution in [1.29, 1.82) is 0 Å². The first-order chi connectivity index (χ1) is 11.9. The summed E-state index contributed by atoms with van der Waals surface area (Å²) in [7, 11) is 2.16. The summed E-state index contributed by atoms with van der Waals surface area (Å²) in [6.07, 6.45) is 0. The summed E-state index contributed by atoms with van der Waals surface area (Å²) >= 11 is 0. The standard InChI is InChI=1S/C20H33N3O2/c1-15(2)19(23-10-8-22(5)9-11-23)13-21-20(24)14-25-18-7-6-16(3)17(4)12-18/h6-7,12,15,19H,8-11,13-14H2,1-5H3,(H,21,24). The number of likely N-dealkylation sites (N-methyl/N-ethyl adjacent to an activating group) is 1. The molecule has 0 bridgehead atoms. The maximum absolute atomic E-state index is 12.2. The van der Waals surface area contributed by atoms with E-state index in [0.29, 0.717) is 18.5 Å². The Balaban J connectivity index is 1.79. The number of amides is 1. The highest BCUT2D eigenvalue weighted by molar-refractivity contribution is 5.77. The van der Waals surface area contributed by atoms with Crippen LogP contribution in [0.5, 0.6) is 5.75 Å². The molecule has 0 aromatic heterocycles. The molecule has 1 saturated heterocycles. The molecule has 1 fully saturated rings. The van der Waals surface area contributed by atoms with Gasteiger partial charge in [0, 0.05) is 38.8 Å². The molecule has 1 heterocycles. The lowest BCUT2D eigenvalue weighted by Crippen LogP contribution is -2.54. The van der Waals surface area contributed by atoms with Gasteiger partial charge in [0.15, 0.2) is 6.61 Å². The molecule has 1 atom stereocenters. The summed E-state index contributed by atoms with van der Waals surface area (Å²) in [6.45, 7) is 13.6. The number of piperazine rings is 1. The molecule has 0 radical (unpaired) electrons. The Kier molecular flexibility index (Phi) is 7.26. The maximum Gasteiger partial charge on any atom is 0.257 e. The fourth-order valence-corrected chi connectivity index (χ4v) is 3.16. The average molecular weight is 348 g/mol. The molecule has 1 N–H and O–H groups in total. The molecule has 1 aromatic rings. The molecule has 1 unspecified atom stereocenters. The summed E-state index contributed by atoms with van der Waals surface area (Å²) in [5.74, 6) is 1.19. The smallest absolute Gasteiger partial charge is 0.257 e. The van der Waals surface area contributed by atoms with Gasteiger partial charge in [-0.2, -0.15) is 0 Å². The number of hydrogen-bond donors (Lipinski definition) is 1. The van der Waals surface area contributed by atoms with Gasteiger partial charge in [0.25, 0.3) is 5.91 Å². The van der Waals surface area contributed by atoms with E-state index in [1.54, 1.807) is 0 Å². The van der Waals surface area contributed by atoms with E-state index in [9.17, 15) is 4.79 Å². The van der Waals surface area contributed by atoms with Crippen molar-refractivity contribution in [3.05, 3.63) is 29.3 Å². The molecular formula is C20H33N3O2. The monoisotopic (exact) mass is 347 g/mol. The minimum Gasteiger partial charge on any atom is -0.484 e. The number of ether oxygens (including phenoxy) is 1. The van der Waals surface area contributed by atoms with Crippen LogP contribution in [-0.2, 0) is 4.79 Å². The van der Waals surface area contributed by atoms with Crippen molar-refractivity contribution < 1.29 is 9.53 Å². The van der Waals surface area contributed by atoms with Crippen LogP contribution >= 0.6 is 0 Å². The molecule has 1 aliphatic rings. The average Bonchev–Trinajstić information content (AvgIpc) is 2.57. The van der Waals surface area contributed by atoms with E-state index in [1.807, 2.05) is 25.1 Å². The van der Waals surface area contributed by atoms with E-state index in [2.05, 4.69) is 42.9 Å². The molecule has 5 heteroatoms. The first-order valence-corrected chi connectivity index (χ1v) is 9.26. The second kappa shape index (κ2) is 9.20. The highest BCUT2D eigenvalue weighted by Crippen LogP contribution is 2.16. The molecular weight excluding hydrogens is 314 g/mol. The fraction of sp³-hybridized carbons (Fsp3) is 0.650. The lowest BCUT2D eigenvalue weighted by molar-refractivity contribution is -0.123. The fourth-order valence-electron chi connectivity index (χ4n) is 3.16. The van der Waals surface area contributed by atoms with Crippen LogP contribution in [0.2, 0.25) is 0 Å². The Morgan fingerprint density at radius 2 is 1.84 bits per heavy atom. The second-order valence-corrected chi connectivity index (χ2v) is 7.49. The van der Waals surface area contributed by atoms with Crippen LogP contribution in [0.15, 0.2) is 18.2 Å². The van der Waals surface area contributed by atoms with Gasteiger partial charge in [-0.15, -0.1) is 0 Å². The van der Waals surface area contributed by atoms with Crippen molar-refractivity contribution in [1.82, 2.24) is 15.1 Å². The lowest BCUT2D eigenvalue weighted by Gasteiger charge is -2.39. The van der Waals surface area contributed by atoms with E-state index in [1.165, 1.54) is 11.1 Å². The number of carbonyl (C=O) groups excluding carboxylic acids is 1. The minimum absolute atomic E-state index is 0.0574. The van der Waals surface area contributed by atoms with E-state index in [4.69, 9.17) is 4.74 Å². The molecule has 1 amide bonds. The molecule has 0 saturated carbocycles. The predicted molar refractivity (Wildman–Crippen MR) is 102 cm³/mol. The van der Waals surface area contributed by atoms with Crippen LogP contribution < -0.4 is 10.1 Å². The highest BCUT2D eigenvalue weighted by atomic mass is 16.5. The van der Waals surface area contributed by atoms with Gasteiger partial charge in [-0.05, 0) is 50.1 Å². The molecule has 1 aromatic carbocycles. The number of hydrogen-bond acceptors (Lipinski definition) is 4. The minimum atomic E-state index is -0.0574. The molecule has 140 valence electrons. The van der Waals surface area contributed by atoms with Crippen LogP contribution in [0.4, 0.5) is 0 Å². The van der Waals surface area contributed by atoms with Gasteiger partial charge in [0.1, 0.15) is 5.75 Å². The maximum atomic E-state index is 12.2. The molecule has 0 aliphatic carbocycles. The van der Waals surface area contributed by atoms with E-state index < -0.39 is 0 Å². The van der Waals surface area contributed by atoms with Gasteiger partial charge in [-0.3, -0.25) is 9.69 Å². The van der Waals surface area contributed by atoms with Gasteiger partial charge >= 0.3 is 0 Å². The van der Waals surface area contributed by atoms with Crippen LogP contribution in [0, 0.1) is 19.8 Å². The Hall–Kier alpha value is -1.59. The quantitative estimate of drug-likeness (QED) is 0.820. The first-order valence-electron chi connectivity index (χ1n) is 9.26.